The third-order valence-electron chi connectivity index (χ3n) is 2.68. The largest absolute Gasteiger partial charge is 0.457 e. The summed E-state index contributed by atoms with van der Waals surface area (Å²) in [7, 11) is 0. The quantitative estimate of drug-likeness (QED) is 0.574. The van der Waals surface area contributed by atoms with Crippen molar-refractivity contribution in [3.05, 3.63) is 30.9 Å². The summed E-state index contributed by atoms with van der Waals surface area (Å²) in [6.45, 7) is 9.25. The van der Waals surface area contributed by atoms with Crippen molar-refractivity contribution < 1.29 is 15.0 Å². The van der Waals surface area contributed by atoms with Crippen LogP contribution in [0.25, 0.3) is 0 Å². The Morgan fingerprint density at radius 3 is 2.67 bits per heavy atom. The lowest BCUT2D eigenvalue weighted by Crippen LogP contribution is -2.26. The van der Waals surface area contributed by atoms with Gasteiger partial charge in [0.15, 0.2) is 0 Å². The molecule has 2 atom stereocenters. The van der Waals surface area contributed by atoms with Crippen LogP contribution in [0, 0.1) is 0 Å². The van der Waals surface area contributed by atoms with Gasteiger partial charge in [0.1, 0.15) is 6.10 Å². The molecule has 0 amide bonds. The van der Waals surface area contributed by atoms with Crippen LogP contribution in [0.4, 0.5) is 0 Å². The first kappa shape index (κ1) is 16.4. The van der Waals surface area contributed by atoms with Gasteiger partial charge in [-0.15, -0.1) is 0 Å². The van der Waals surface area contributed by atoms with Crippen LogP contribution in [-0.4, -0.2) is 27.1 Å². The Bertz CT molecular complexity index is 374. The molecule has 0 radical (unpaired) electrons. The van der Waals surface area contributed by atoms with Gasteiger partial charge in [-0.2, -0.15) is 0 Å². The Labute approximate surface area is 108 Å². The van der Waals surface area contributed by atoms with Crippen LogP contribution >= 0.6 is 0 Å². The maximum absolute atomic E-state index is 11.5. The molecule has 0 spiro atoms. The highest BCUT2D eigenvalue weighted by atomic mass is 16.5. The van der Waals surface area contributed by atoms with E-state index in [-0.39, 0.29) is 23.6 Å². The molecule has 2 unspecified atom stereocenters. The van der Waals surface area contributed by atoms with Crippen LogP contribution in [0.1, 0.15) is 39.7 Å². The van der Waals surface area contributed by atoms with Crippen molar-refractivity contribution in [3.63, 3.8) is 0 Å². The topological polar surface area (TPSA) is 75.6 Å². The summed E-state index contributed by atoms with van der Waals surface area (Å²) in [5.74, 6) is -0.335. The molecule has 1 rings (SSSR count). The molecular weight excluding hydrogens is 232 g/mol. The van der Waals surface area contributed by atoms with Gasteiger partial charge in [0, 0.05) is 18.0 Å². The number of ether oxygens (including phenoxy) is 1. The number of hydrogen-bond donors (Lipinski definition) is 0. The van der Waals surface area contributed by atoms with Crippen molar-refractivity contribution in [2.24, 2.45) is 0 Å². The minimum absolute atomic E-state index is 0. The van der Waals surface area contributed by atoms with Crippen molar-refractivity contribution in [2.75, 3.05) is 0 Å². The summed E-state index contributed by atoms with van der Waals surface area (Å²) in [6.07, 6.45) is 7.17. The van der Waals surface area contributed by atoms with Crippen molar-refractivity contribution >= 4 is 5.97 Å². The SMILES string of the molecule is C=C(C)C(=O)OC(C)C(CCC)n1ccnc1.O. The molecule has 5 nitrogen and oxygen atoms in total. The molecule has 1 aromatic rings. The van der Waals surface area contributed by atoms with Crippen LogP contribution in [-0.2, 0) is 9.53 Å². The van der Waals surface area contributed by atoms with Gasteiger partial charge in [-0.05, 0) is 20.3 Å². The van der Waals surface area contributed by atoms with E-state index >= 15 is 0 Å². The molecule has 0 bridgehead atoms. The molecule has 1 aromatic heterocycles. The third-order valence-corrected chi connectivity index (χ3v) is 2.68. The van der Waals surface area contributed by atoms with Gasteiger partial charge in [-0.1, -0.05) is 19.9 Å². The molecule has 0 saturated heterocycles. The predicted octanol–water partition coefficient (Wildman–Crippen LogP) is 1.91. The van der Waals surface area contributed by atoms with E-state index in [4.69, 9.17) is 4.74 Å². The van der Waals surface area contributed by atoms with Crippen LogP contribution in [0.3, 0.4) is 0 Å². The van der Waals surface area contributed by atoms with E-state index in [1.807, 2.05) is 17.7 Å². The van der Waals surface area contributed by atoms with Crippen molar-refractivity contribution in [1.82, 2.24) is 9.55 Å². The molecule has 2 N–H and O–H groups in total. The van der Waals surface area contributed by atoms with Gasteiger partial charge in [0.05, 0.1) is 12.4 Å². The van der Waals surface area contributed by atoms with Gasteiger partial charge >= 0.3 is 5.97 Å². The summed E-state index contributed by atoms with van der Waals surface area (Å²) in [5.41, 5.74) is 0.428. The number of rotatable bonds is 6. The minimum atomic E-state index is -0.335. The van der Waals surface area contributed by atoms with E-state index in [0.717, 1.165) is 12.8 Å². The molecule has 1 heterocycles. The second-order valence-corrected chi connectivity index (χ2v) is 4.26. The number of hydrogen-bond acceptors (Lipinski definition) is 3. The van der Waals surface area contributed by atoms with Crippen LogP contribution < -0.4 is 0 Å². The Balaban J connectivity index is 0.00000289. The fraction of sp³-hybridized carbons (Fsp3) is 0.538. The van der Waals surface area contributed by atoms with Crippen LogP contribution in [0.15, 0.2) is 30.9 Å². The zero-order valence-electron chi connectivity index (χ0n) is 11.2. The molecular formula is C13H22N2O3. The number of esters is 1. The number of aromatic nitrogens is 2. The number of carbonyl (C=O) groups is 1. The lowest BCUT2D eigenvalue weighted by Gasteiger charge is -2.24. The van der Waals surface area contributed by atoms with Gasteiger partial charge < -0.3 is 14.8 Å². The predicted molar refractivity (Wildman–Crippen MR) is 70.2 cm³/mol. The van der Waals surface area contributed by atoms with E-state index in [1.165, 1.54) is 0 Å². The second kappa shape index (κ2) is 7.66. The first-order valence-electron chi connectivity index (χ1n) is 5.90. The van der Waals surface area contributed by atoms with Crippen molar-refractivity contribution in [1.29, 1.82) is 0 Å². The number of imidazole rings is 1. The normalized spacial score (nSPS) is 13.3. The summed E-state index contributed by atoms with van der Waals surface area (Å²) in [6, 6.07) is 0.130. The maximum Gasteiger partial charge on any atom is 0.333 e. The number of nitrogens with zero attached hydrogens (tertiary/aromatic N) is 2. The van der Waals surface area contributed by atoms with E-state index in [1.54, 1.807) is 19.4 Å². The Morgan fingerprint density at radius 2 is 2.22 bits per heavy atom. The summed E-state index contributed by atoms with van der Waals surface area (Å²) in [4.78, 5) is 15.5. The summed E-state index contributed by atoms with van der Waals surface area (Å²) >= 11 is 0. The van der Waals surface area contributed by atoms with Gasteiger partial charge in [-0.25, -0.2) is 9.78 Å². The highest BCUT2D eigenvalue weighted by molar-refractivity contribution is 5.87. The fourth-order valence-electron chi connectivity index (χ4n) is 1.74. The lowest BCUT2D eigenvalue weighted by molar-refractivity contribution is -0.145. The first-order valence-corrected chi connectivity index (χ1v) is 5.90. The van der Waals surface area contributed by atoms with Gasteiger partial charge in [0.2, 0.25) is 0 Å². The molecule has 0 fully saturated rings. The lowest BCUT2D eigenvalue weighted by atomic mass is 10.1. The Kier molecular flexibility index (Phi) is 6.97. The zero-order valence-corrected chi connectivity index (χ0v) is 11.2. The minimum Gasteiger partial charge on any atom is -0.457 e. The van der Waals surface area contributed by atoms with Crippen molar-refractivity contribution in [2.45, 2.75) is 45.8 Å². The van der Waals surface area contributed by atoms with E-state index in [2.05, 4.69) is 18.5 Å². The van der Waals surface area contributed by atoms with Crippen molar-refractivity contribution in [3.8, 4) is 0 Å². The molecule has 102 valence electrons. The van der Waals surface area contributed by atoms with Crippen LogP contribution in [0.2, 0.25) is 0 Å². The fourth-order valence-corrected chi connectivity index (χ4v) is 1.74. The summed E-state index contributed by atoms with van der Waals surface area (Å²) in [5, 5.41) is 0. The van der Waals surface area contributed by atoms with E-state index in [9.17, 15) is 4.79 Å². The van der Waals surface area contributed by atoms with E-state index in [0.29, 0.717) is 5.57 Å². The first-order chi connectivity index (χ1) is 8.06. The third kappa shape index (κ3) is 4.33. The number of carbonyl (C=O) groups excluding carboxylic acids is 1. The van der Waals surface area contributed by atoms with Crippen LogP contribution in [0.5, 0.6) is 0 Å². The highest BCUT2D eigenvalue weighted by Gasteiger charge is 2.21. The molecule has 0 saturated carbocycles. The average Bonchev–Trinajstić information content (AvgIpc) is 2.78. The summed E-state index contributed by atoms with van der Waals surface area (Å²) < 4.78 is 7.35. The average molecular weight is 254 g/mol. The highest BCUT2D eigenvalue weighted by Crippen LogP contribution is 2.21. The Hall–Kier alpha value is -1.62. The molecule has 0 aliphatic carbocycles. The molecule has 0 aliphatic heterocycles. The zero-order chi connectivity index (χ0) is 12.8. The molecule has 18 heavy (non-hydrogen) atoms. The standard InChI is InChI=1S/C13H20N2O2.H2O/c1-5-6-12(15-8-7-14-9-15)11(4)17-13(16)10(2)3;/h7-9,11-12H,2,5-6H2,1,3-4H3;1H2. The maximum atomic E-state index is 11.5. The van der Waals surface area contributed by atoms with Gasteiger partial charge in [-0.3, -0.25) is 0 Å². The molecule has 0 aromatic carbocycles. The monoisotopic (exact) mass is 254 g/mol. The second-order valence-electron chi connectivity index (χ2n) is 4.26. The Morgan fingerprint density at radius 1 is 1.56 bits per heavy atom. The smallest absolute Gasteiger partial charge is 0.333 e. The molecule has 5 heteroatoms. The van der Waals surface area contributed by atoms with Gasteiger partial charge in [0.25, 0.3) is 0 Å². The molecule has 0 aliphatic rings. The van der Waals surface area contributed by atoms with E-state index < -0.39 is 0 Å².